The van der Waals surface area contributed by atoms with Crippen LogP contribution in [0.3, 0.4) is 0 Å². The number of hydrogen-bond acceptors (Lipinski definition) is 3. The molecule has 1 aliphatic heterocycles. The molecule has 2 aromatic heterocycles. The van der Waals surface area contributed by atoms with E-state index in [0.717, 1.165) is 51.5 Å². The third kappa shape index (κ3) is 3.57. The number of hydrogen-bond donors (Lipinski definition) is 0. The van der Waals surface area contributed by atoms with Gasteiger partial charge in [-0.1, -0.05) is 84.1 Å². The van der Waals surface area contributed by atoms with Gasteiger partial charge in [0.15, 0.2) is 4.80 Å². The maximum Gasteiger partial charge on any atom is 0.271 e. The first-order valence-corrected chi connectivity index (χ1v) is 13.8. The fourth-order valence-electron chi connectivity index (χ4n) is 6.01. The molecule has 0 fully saturated rings. The van der Waals surface area contributed by atoms with Crippen molar-refractivity contribution < 1.29 is 0 Å². The predicted molar refractivity (Wildman–Crippen MR) is 154 cm³/mol. The summed E-state index contributed by atoms with van der Waals surface area (Å²) >= 11 is 1.49. The van der Waals surface area contributed by atoms with Crippen LogP contribution in [0.4, 0.5) is 0 Å². The third-order valence-corrected chi connectivity index (χ3v) is 8.74. The third-order valence-electron chi connectivity index (χ3n) is 7.76. The summed E-state index contributed by atoms with van der Waals surface area (Å²) in [5.74, 6) is 0. The topological polar surface area (TPSA) is 39.3 Å². The lowest BCUT2D eigenvalue weighted by Gasteiger charge is -2.30. The molecule has 4 nitrogen and oxygen atoms in total. The van der Waals surface area contributed by atoms with Gasteiger partial charge in [0.05, 0.1) is 16.3 Å². The Balaban J connectivity index is 1.45. The number of benzene rings is 3. The molecule has 0 saturated carbocycles. The van der Waals surface area contributed by atoms with E-state index in [1.807, 2.05) is 22.8 Å². The molecule has 0 radical (unpaired) electrons. The van der Waals surface area contributed by atoms with Crippen LogP contribution in [0, 0.1) is 13.8 Å². The lowest BCUT2D eigenvalue weighted by atomic mass is 9.83. The van der Waals surface area contributed by atoms with Gasteiger partial charge in [-0.05, 0) is 73.2 Å². The Bertz CT molecular complexity index is 1910. The van der Waals surface area contributed by atoms with E-state index in [4.69, 9.17) is 4.99 Å². The van der Waals surface area contributed by atoms with Gasteiger partial charge in [-0.3, -0.25) is 9.36 Å². The van der Waals surface area contributed by atoms with Crippen molar-refractivity contribution in [1.82, 2.24) is 9.13 Å². The van der Waals surface area contributed by atoms with Gasteiger partial charge in [0.25, 0.3) is 5.56 Å². The fraction of sp³-hybridized carbons (Fsp3) is 0.152. The second kappa shape index (κ2) is 8.96. The molecule has 5 aromatic rings. The molecule has 186 valence electrons. The molecule has 0 N–H and O–H groups in total. The van der Waals surface area contributed by atoms with E-state index >= 15 is 0 Å². The van der Waals surface area contributed by atoms with Crippen molar-refractivity contribution in [3.63, 3.8) is 0 Å². The highest BCUT2D eigenvalue weighted by atomic mass is 32.1. The van der Waals surface area contributed by atoms with Crippen molar-refractivity contribution in [3.05, 3.63) is 150 Å². The van der Waals surface area contributed by atoms with E-state index < -0.39 is 0 Å². The van der Waals surface area contributed by atoms with Crippen LogP contribution in [0.2, 0.25) is 0 Å². The van der Waals surface area contributed by atoms with Crippen LogP contribution >= 0.6 is 11.3 Å². The van der Waals surface area contributed by atoms with Gasteiger partial charge in [-0.2, -0.15) is 0 Å². The van der Waals surface area contributed by atoms with Crippen molar-refractivity contribution in [2.45, 2.75) is 32.7 Å². The molecular weight excluding hydrogens is 486 g/mol. The van der Waals surface area contributed by atoms with Crippen molar-refractivity contribution in [2.24, 2.45) is 4.99 Å². The monoisotopic (exact) mass is 513 g/mol. The Morgan fingerprint density at radius 2 is 1.61 bits per heavy atom. The van der Waals surface area contributed by atoms with Crippen LogP contribution in [0.5, 0.6) is 0 Å². The molecule has 1 aliphatic carbocycles. The quantitative estimate of drug-likeness (QED) is 0.304. The van der Waals surface area contributed by atoms with E-state index in [0.29, 0.717) is 4.53 Å². The lowest BCUT2D eigenvalue weighted by molar-refractivity contribution is 0.585. The van der Waals surface area contributed by atoms with Crippen LogP contribution in [-0.4, -0.2) is 9.13 Å². The normalized spacial score (nSPS) is 16.6. The SMILES string of the molecule is Cc1cc(/C=c2/sc3n(c2=O)[C@@H](c2ccccc2)C2=C(N=3)c3ccccc3CC2)c(C)n1-c1ccccc1. The molecule has 2 aliphatic rings. The largest absolute Gasteiger partial charge is 0.318 e. The van der Waals surface area contributed by atoms with Gasteiger partial charge in [0.2, 0.25) is 0 Å². The zero-order valence-corrected chi connectivity index (χ0v) is 22.2. The number of nitrogens with zero attached hydrogens (tertiary/aromatic N) is 3. The van der Waals surface area contributed by atoms with Crippen LogP contribution in [0.1, 0.15) is 46.1 Å². The Morgan fingerprint density at radius 1 is 0.895 bits per heavy atom. The number of fused-ring (bicyclic) bond motifs is 3. The second-order valence-electron chi connectivity index (χ2n) is 10.0. The number of para-hydroxylation sites is 1. The molecular formula is C33H27N3OS. The maximum absolute atomic E-state index is 14.0. The molecule has 0 spiro atoms. The fourth-order valence-corrected chi connectivity index (χ4v) is 7.00. The van der Waals surface area contributed by atoms with E-state index in [2.05, 4.69) is 97.3 Å². The van der Waals surface area contributed by atoms with Crippen LogP contribution in [0.25, 0.3) is 17.5 Å². The number of allylic oxidation sites excluding steroid dienone is 1. The zero-order chi connectivity index (χ0) is 25.8. The van der Waals surface area contributed by atoms with Crippen molar-refractivity contribution in [3.8, 4) is 5.69 Å². The van der Waals surface area contributed by atoms with Crippen LogP contribution in [0.15, 0.2) is 106 Å². The number of thiazole rings is 1. The van der Waals surface area contributed by atoms with Crippen molar-refractivity contribution >= 4 is 23.1 Å². The molecule has 38 heavy (non-hydrogen) atoms. The van der Waals surface area contributed by atoms with Crippen molar-refractivity contribution in [1.29, 1.82) is 0 Å². The highest BCUT2D eigenvalue weighted by molar-refractivity contribution is 7.07. The first kappa shape index (κ1) is 22.9. The summed E-state index contributed by atoms with van der Waals surface area (Å²) in [4.78, 5) is 19.9. The van der Waals surface area contributed by atoms with E-state index in [9.17, 15) is 4.79 Å². The minimum absolute atomic E-state index is 0.0255. The Labute approximate surface area is 225 Å². The summed E-state index contributed by atoms with van der Waals surface area (Å²) in [6.45, 7) is 4.23. The highest BCUT2D eigenvalue weighted by Crippen LogP contribution is 2.41. The molecule has 0 amide bonds. The Morgan fingerprint density at radius 3 is 2.39 bits per heavy atom. The zero-order valence-electron chi connectivity index (χ0n) is 21.4. The minimum Gasteiger partial charge on any atom is -0.318 e. The summed E-state index contributed by atoms with van der Waals surface area (Å²) in [6, 6.07) is 31.3. The molecule has 7 rings (SSSR count). The van der Waals surface area contributed by atoms with Gasteiger partial charge < -0.3 is 4.57 Å². The molecule has 1 atom stereocenters. The average Bonchev–Trinajstić information content (AvgIpc) is 3.42. The second-order valence-corrected chi connectivity index (χ2v) is 11.0. The van der Waals surface area contributed by atoms with E-state index in [1.54, 1.807) is 0 Å². The van der Waals surface area contributed by atoms with Crippen molar-refractivity contribution in [2.75, 3.05) is 0 Å². The maximum atomic E-state index is 14.0. The molecule has 0 bridgehead atoms. The predicted octanol–water partition coefficient (Wildman–Crippen LogP) is 5.73. The summed E-state index contributed by atoms with van der Waals surface area (Å²) < 4.78 is 4.88. The Kier molecular flexibility index (Phi) is 5.41. The number of aromatic nitrogens is 2. The summed E-state index contributed by atoms with van der Waals surface area (Å²) in [5, 5.41) is 0. The van der Waals surface area contributed by atoms with Gasteiger partial charge in [0.1, 0.15) is 0 Å². The smallest absolute Gasteiger partial charge is 0.271 e. The summed E-state index contributed by atoms with van der Waals surface area (Å²) in [5.41, 5.74) is 10.4. The molecule has 3 heterocycles. The first-order valence-electron chi connectivity index (χ1n) is 13.0. The molecule has 0 unspecified atom stereocenters. The standard InChI is InChI=1S/C33H27N3OS/c1-21-19-25(22(2)35(21)26-14-7-4-8-15-26)20-29-32(37)36-31(24-12-5-3-6-13-24)28-18-17-23-11-9-10-16-27(23)30(28)34-33(36)38-29/h3-16,19-20,31H,17-18H2,1-2H3/b29-20+/t31-/m0/s1. The summed E-state index contributed by atoms with van der Waals surface area (Å²) in [6.07, 6.45) is 3.91. The van der Waals surface area contributed by atoms with Crippen LogP contribution < -0.4 is 14.9 Å². The van der Waals surface area contributed by atoms with E-state index in [-0.39, 0.29) is 11.6 Å². The van der Waals surface area contributed by atoms with Gasteiger partial charge in [-0.25, -0.2) is 4.99 Å². The lowest BCUT2D eigenvalue weighted by Crippen LogP contribution is -2.38. The summed E-state index contributed by atoms with van der Waals surface area (Å²) in [7, 11) is 0. The highest BCUT2D eigenvalue weighted by Gasteiger charge is 2.32. The first-order chi connectivity index (χ1) is 18.6. The van der Waals surface area contributed by atoms with Gasteiger partial charge >= 0.3 is 0 Å². The average molecular weight is 514 g/mol. The minimum atomic E-state index is -0.144. The number of rotatable bonds is 3. The Hall–Kier alpha value is -4.22. The number of aryl methyl sites for hydroxylation is 2. The van der Waals surface area contributed by atoms with E-state index in [1.165, 1.54) is 28.0 Å². The molecule has 5 heteroatoms. The molecule has 0 saturated heterocycles. The molecule has 3 aromatic carbocycles. The van der Waals surface area contributed by atoms with Crippen LogP contribution in [-0.2, 0) is 6.42 Å². The van der Waals surface area contributed by atoms with Gasteiger partial charge in [0, 0.05) is 22.6 Å². The van der Waals surface area contributed by atoms with Gasteiger partial charge in [-0.15, -0.1) is 0 Å².